The van der Waals surface area contributed by atoms with E-state index in [1.807, 2.05) is 42.5 Å². The van der Waals surface area contributed by atoms with Crippen LogP contribution in [0.15, 0.2) is 48.5 Å². The Morgan fingerprint density at radius 3 is 2.44 bits per heavy atom. The van der Waals surface area contributed by atoms with Gasteiger partial charge in [0.1, 0.15) is 11.5 Å². The molecule has 0 saturated heterocycles. The molecule has 0 spiro atoms. The van der Waals surface area contributed by atoms with Gasteiger partial charge in [-0.2, -0.15) is 0 Å². The minimum atomic E-state index is 0.626. The smallest absolute Gasteiger partial charge is 0.129 e. The molecule has 0 aliphatic heterocycles. The van der Waals surface area contributed by atoms with Crippen molar-refractivity contribution in [2.24, 2.45) is 0 Å². The van der Waals surface area contributed by atoms with Crippen molar-refractivity contribution in [1.82, 2.24) is 0 Å². The minimum absolute atomic E-state index is 0.626. The second kappa shape index (κ2) is 6.61. The highest BCUT2D eigenvalue weighted by molar-refractivity contribution is 14.1. The fourth-order valence-electron chi connectivity index (χ4n) is 1.52. The molecule has 18 heavy (non-hydrogen) atoms. The van der Waals surface area contributed by atoms with Gasteiger partial charge in [-0.15, -0.1) is 0 Å². The molecular formula is C14H14INO2. The SMILES string of the molecule is Nc1cccc(Oc2ccc(COCI)cc2)c1. The number of anilines is 1. The minimum Gasteiger partial charge on any atom is -0.457 e. The van der Waals surface area contributed by atoms with Gasteiger partial charge in [0.2, 0.25) is 0 Å². The van der Waals surface area contributed by atoms with Crippen molar-refractivity contribution >= 4 is 28.3 Å². The van der Waals surface area contributed by atoms with Crippen LogP contribution in [0.5, 0.6) is 11.5 Å². The van der Waals surface area contributed by atoms with Crippen LogP contribution >= 0.6 is 22.6 Å². The molecule has 0 radical (unpaired) electrons. The van der Waals surface area contributed by atoms with Crippen molar-refractivity contribution in [3.05, 3.63) is 54.1 Å². The Morgan fingerprint density at radius 2 is 1.78 bits per heavy atom. The predicted octanol–water partition coefficient (Wildman–Crippen LogP) is 3.97. The Hall–Kier alpha value is -1.27. The third-order valence-electron chi connectivity index (χ3n) is 2.36. The first-order chi connectivity index (χ1) is 8.78. The maximum absolute atomic E-state index is 5.70. The lowest BCUT2D eigenvalue weighted by Gasteiger charge is -2.07. The molecular weight excluding hydrogens is 341 g/mol. The van der Waals surface area contributed by atoms with Gasteiger partial charge in [-0.1, -0.05) is 40.8 Å². The van der Waals surface area contributed by atoms with E-state index in [-0.39, 0.29) is 0 Å². The molecule has 0 unspecified atom stereocenters. The third-order valence-corrected chi connectivity index (χ3v) is 2.80. The predicted molar refractivity (Wildman–Crippen MR) is 81.0 cm³/mol. The number of alkyl halides is 1. The average molecular weight is 355 g/mol. The Bertz CT molecular complexity index is 499. The van der Waals surface area contributed by atoms with Gasteiger partial charge in [0, 0.05) is 11.8 Å². The monoisotopic (exact) mass is 355 g/mol. The fraction of sp³-hybridized carbons (Fsp3) is 0.143. The molecule has 0 saturated carbocycles. The molecule has 0 bridgehead atoms. The van der Waals surface area contributed by atoms with Gasteiger partial charge in [0.15, 0.2) is 0 Å². The molecule has 0 atom stereocenters. The molecule has 0 aliphatic rings. The van der Waals surface area contributed by atoms with Gasteiger partial charge in [0.25, 0.3) is 0 Å². The number of rotatable bonds is 5. The van der Waals surface area contributed by atoms with E-state index in [4.69, 9.17) is 15.2 Å². The lowest BCUT2D eigenvalue weighted by Crippen LogP contribution is -1.91. The summed E-state index contributed by atoms with van der Waals surface area (Å²) in [4.78, 5) is 0. The van der Waals surface area contributed by atoms with Gasteiger partial charge in [-0.05, 0) is 29.8 Å². The van der Waals surface area contributed by atoms with Crippen molar-refractivity contribution in [3.8, 4) is 11.5 Å². The summed E-state index contributed by atoms with van der Waals surface area (Å²) >= 11 is 2.18. The van der Waals surface area contributed by atoms with E-state index in [1.54, 1.807) is 6.07 Å². The second-order valence-electron chi connectivity index (χ2n) is 3.78. The number of nitrogens with two attached hydrogens (primary N) is 1. The van der Waals surface area contributed by atoms with E-state index in [0.717, 1.165) is 17.1 Å². The van der Waals surface area contributed by atoms with Gasteiger partial charge in [-0.25, -0.2) is 0 Å². The third kappa shape index (κ3) is 3.89. The van der Waals surface area contributed by atoms with Crippen LogP contribution in [0.4, 0.5) is 5.69 Å². The normalized spacial score (nSPS) is 10.3. The highest BCUT2D eigenvalue weighted by atomic mass is 127. The number of hydrogen-bond acceptors (Lipinski definition) is 3. The summed E-state index contributed by atoms with van der Waals surface area (Å²) in [5.41, 5.74) is 7.52. The number of halogens is 1. The molecule has 0 amide bonds. The van der Waals surface area contributed by atoms with Crippen LogP contribution in [-0.2, 0) is 11.3 Å². The highest BCUT2D eigenvalue weighted by Crippen LogP contribution is 2.23. The maximum Gasteiger partial charge on any atom is 0.129 e. The van der Waals surface area contributed by atoms with E-state index >= 15 is 0 Å². The van der Waals surface area contributed by atoms with Crippen LogP contribution in [0.3, 0.4) is 0 Å². The molecule has 0 fully saturated rings. The van der Waals surface area contributed by atoms with E-state index in [0.29, 0.717) is 16.9 Å². The van der Waals surface area contributed by atoms with Crippen molar-refractivity contribution in [3.63, 3.8) is 0 Å². The molecule has 4 heteroatoms. The first kappa shape index (κ1) is 13.2. The molecule has 0 aromatic heterocycles. The van der Waals surface area contributed by atoms with Gasteiger partial charge in [-0.3, -0.25) is 0 Å². The Morgan fingerprint density at radius 1 is 1.00 bits per heavy atom. The zero-order chi connectivity index (χ0) is 12.8. The van der Waals surface area contributed by atoms with Gasteiger partial charge >= 0.3 is 0 Å². The number of nitrogen functional groups attached to an aromatic ring is 1. The summed E-state index contributed by atoms with van der Waals surface area (Å²) in [6.07, 6.45) is 0. The summed E-state index contributed by atoms with van der Waals surface area (Å²) < 4.78 is 11.7. The van der Waals surface area contributed by atoms with Crippen LogP contribution in [0, 0.1) is 0 Å². The Kier molecular flexibility index (Phi) is 4.83. The lowest BCUT2D eigenvalue weighted by molar-refractivity contribution is 0.177. The quantitative estimate of drug-likeness (QED) is 0.502. The molecule has 0 aliphatic carbocycles. The van der Waals surface area contributed by atoms with Crippen LogP contribution in [0.25, 0.3) is 0 Å². The van der Waals surface area contributed by atoms with Crippen molar-refractivity contribution in [1.29, 1.82) is 0 Å². The molecule has 3 nitrogen and oxygen atoms in total. The second-order valence-corrected chi connectivity index (χ2v) is 4.40. The largest absolute Gasteiger partial charge is 0.457 e. The Labute approximate surface area is 120 Å². The molecule has 0 heterocycles. The molecule has 94 valence electrons. The van der Waals surface area contributed by atoms with Gasteiger partial charge in [0.05, 0.1) is 11.2 Å². The summed E-state index contributed by atoms with van der Waals surface area (Å²) in [5.74, 6) is 1.53. The van der Waals surface area contributed by atoms with Crippen molar-refractivity contribution in [2.45, 2.75) is 6.61 Å². The lowest BCUT2D eigenvalue weighted by atomic mass is 10.2. The average Bonchev–Trinajstić information content (AvgIpc) is 2.38. The maximum atomic E-state index is 5.70. The van der Waals surface area contributed by atoms with Gasteiger partial charge < -0.3 is 15.2 Å². The number of hydrogen-bond donors (Lipinski definition) is 1. The molecule has 2 N–H and O–H groups in total. The number of benzene rings is 2. The van der Waals surface area contributed by atoms with Crippen LogP contribution < -0.4 is 10.5 Å². The summed E-state index contributed by atoms with van der Waals surface area (Å²) in [6.45, 7) is 0.626. The fourth-order valence-corrected chi connectivity index (χ4v) is 1.74. The van der Waals surface area contributed by atoms with E-state index < -0.39 is 0 Å². The van der Waals surface area contributed by atoms with Crippen LogP contribution in [0.2, 0.25) is 0 Å². The first-order valence-electron chi connectivity index (χ1n) is 5.54. The first-order valence-corrected chi connectivity index (χ1v) is 7.06. The summed E-state index contributed by atoms with van der Waals surface area (Å²) in [6, 6.07) is 15.2. The zero-order valence-corrected chi connectivity index (χ0v) is 12.0. The summed E-state index contributed by atoms with van der Waals surface area (Å²) in [5, 5.41) is 0. The topological polar surface area (TPSA) is 44.5 Å². The molecule has 2 aromatic carbocycles. The molecule has 2 aromatic rings. The van der Waals surface area contributed by atoms with Crippen molar-refractivity contribution < 1.29 is 9.47 Å². The van der Waals surface area contributed by atoms with Crippen LogP contribution in [-0.4, -0.2) is 4.61 Å². The molecule has 2 rings (SSSR count). The van der Waals surface area contributed by atoms with E-state index in [2.05, 4.69) is 22.6 Å². The summed E-state index contributed by atoms with van der Waals surface area (Å²) in [7, 11) is 0. The standard InChI is InChI=1S/C14H14INO2/c15-10-17-9-11-4-6-13(7-5-11)18-14-3-1-2-12(16)8-14/h1-8H,9-10,16H2. The zero-order valence-electron chi connectivity index (χ0n) is 9.80. The van der Waals surface area contributed by atoms with Crippen LogP contribution in [0.1, 0.15) is 5.56 Å². The van der Waals surface area contributed by atoms with E-state index in [9.17, 15) is 0 Å². The number of ether oxygens (including phenoxy) is 2. The van der Waals surface area contributed by atoms with E-state index in [1.165, 1.54) is 0 Å². The van der Waals surface area contributed by atoms with Crippen molar-refractivity contribution in [2.75, 3.05) is 10.3 Å². The highest BCUT2D eigenvalue weighted by Gasteiger charge is 1.98. The Balaban J connectivity index is 2.02.